The summed E-state index contributed by atoms with van der Waals surface area (Å²) in [5.74, 6) is 0.0798. The number of methoxy groups -OCH3 is 2. The van der Waals surface area contributed by atoms with Crippen LogP contribution in [0.2, 0.25) is 0 Å². The van der Waals surface area contributed by atoms with Crippen LogP contribution in [-0.2, 0) is 4.74 Å². The summed E-state index contributed by atoms with van der Waals surface area (Å²) >= 11 is 0. The lowest BCUT2D eigenvalue weighted by atomic mass is 10.1. The first-order valence-corrected chi connectivity index (χ1v) is 7.04. The van der Waals surface area contributed by atoms with E-state index in [0.29, 0.717) is 22.6 Å². The van der Waals surface area contributed by atoms with Crippen LogP contribution in [0.1, 0.15) is 26.3 Å². The molecule has 0 aliphatic rings. The Kier molecular flexibility index (Phi) is 5.36. The van der Waals surface area contributed by atoms with E-state index in [1.165, 1.54) is 14.2 Å². The quantitative estimate of drug-likeness (QED) is 0.606. The molecule has 0 heterocycles. The zero-order valence-electron chi connectivity index (χ0n) is 13.3. The van der Waals surface area contributed by atoms with Gasteiger partial charge < -0.3 is 14.2 Å². The summed E-state index contributed by atoms with van der Waals surface area (Å²) in [5.41, 5.74) is 1.70. The van der Waals surface area contributed by atoms with Gasteiger partial charge in [0.05, 0.1) is 25.3 Å². The standard InChI is InChI=1S/C18H18O5/c1-12-5-4-6-13(9-12)18(20)23-11-16(19)15-8-7-14(21-2)10-17(15)22-3/h4-10H,11H2,1-3H3. The third-order valence-electron chi connectivity index (χ3n) is 3.30. The van der Waals surface area contributed by atoms with Crippen LogP contribution in [-0.4, -0.2) is 32.6 Å². The first-order valence-electron chi connectivity index (χ1n) is 7.04. The van der Waals surface area contributed by atoms with Gasteiger partial charge in [0, 0.05) is 6.07 Å². The molecule has 0 fully saturated rings. The van der Waals surface area contributed by atoms with Gasteiger partial charge in [0.25, 0.3) is 0 Å². The predicted octanol–water partition coefficient (Wildman–Crippen LogP) is 3.05. The van der Waals surface area contributed by atoms with E-state index in [9.17, 15) is 9.59 Å². The zero-order chi connectivity index (χ0) is 16.8. The monoisotopic (exact) mass is 314 g/mol. The van der Waals surface area contributed by atoms with Gasteiger partial charge in [0.15, 0.2) is 6.61 Å². The second-order valence-corrected chi connectivity index (χ2v) is 4.94. The van der Waals surface area contributed by atoms with Crippen molar-refractivity contribution in [2.24, 2.45) is 0 Å². The molecule has 0 bridgehead atoms. The normalized spacial score (nSPS) is 10.0. The molecule has 120 valence electrons. The van der Waals surface area contributed by atoms with Crippen LogP contribution < -0.4 is 9.47 Å². The summed E-state index contributed by atoms with van der Waals surface area (Å²) in [6.45, 7) is 1.53. The number of ether oxygens (including phenoxy) is 3. The van der Waals surface area contributed by atoms with Gasteiger partial charge in [-0.25, -0.2) is 4.79 Å². The van der Waals surface area contributed by atoms with Crippen molar-refractivity contribution >= 4 is 11.8 Å². The Morgan fingerprint density at radius 2 is 1.78 bits per heavy atom. The molecular formula is C18H18O5. The lowest BCUT2D eigenvalue weighted by Crippen LogP contribution is -2.15. The van der Waals surface area contributed by atoms with E-state index in [2.05, 4.69) is 0 Å². The van der Waals surface area contributed by atoms with Crippen molar-refractivity contribution in [3.63, 3.8) is 0 Å². The van der Waals surface area contributed by atoms with E-state index in [4.69, 9.17) is 14.2 Å². The molecule has 2 aromatic carbocycles. The summed E-state index contributed by atoms with van der Waals surface area (Å²) in [7, 11) is 2.99. The molecule has 0 aromatic heterocycles. The minimum Gasteiger partial charge on any atom is -0.497 e. The highest BCUT2D eigenvalue weighted by Gasteiger charge is 2.16. The fourth-order valence-corrected chi connectivity index (χ4v) is 2.09. The average molecular weight is 314 g/mol. The third-order valence-corrected chi connectivity index (χ3v) is 3.30. The summed E-state index contributed by atoms with van der Waals surface area (Å²) < 4.78 is 15.3. The number of hydrogen-bond acceptors (Lipinski definition) is 5. The van der Waals surface area contributed by atoms with E-state index >= 15 is 0 Å². The lowest BCUT2D eigenvalue weighted by molar-refractivity contribution is 0.0474. The van der Waals surface area contributed by atoms with Crippen LogP contribution >= 0.6 is 0 Å². The highest BCUT2D eigenvalue weighted by molar-refractivity contribution is 6.01. The molecule has 5 heteroatoms. The Bertz CT molecular complexity index is 721. The van der Waals surface area contributed by atoms with Crippen molar-refractivity contribution in [1.29, 1.82) is 0 Å². The number of ketones is 1. The first kappa shape index (κ1) is 16.5. The van der Waals surface area contributed by atoms with Crippen molar-refractivity contribution in [3.8, 4) is 11.5 Å². The van der Waals surface area contributed by atoms with Gasteiger partial charge in [-0.1, -0.05) is 17.7 Å². The van der Waals surface area contributed by atoms with Crippen molar-refractivity contribution in [2.75, 3.05) is 20.8 Å². The van der Waals surface area contributed by atoms with E-state index in [0.717, 1.165) is 5.56 Å². The maximum Gasteiger partial charge on any atom is 0.338 e. The maximum atomic E-state index is 12.2. The second-order valence-electron chi connectivity index (χ2n) is 4.94. The second kappa shape index (κ2) is 7.45. The smallest absolute Gasteiger partial charge is 0.338 e. The van der Waals surface area contributed by atoms with Gasteiger partial charge in [-0.3, -0.25) is 4.79 Å². The largest absolute Gasteiger partial charge is 0.497 e. The molecule has 0 spiro atoms. The third kappa shape index (κ3) is 4.10. The number of hydrogen-bond donors (Lipinski definition) is 0. The molecule has 0 unspecified atom stereocenters. The molecule has 0 aliphatic heterocycles. The number of esters is 1. The number of aryl methyl sites for hydroxylation is 1. The maximum absolute atomic E-state index is 12.2. The SMILES string of the molecule is COc1ccc(C(=O)COC(=O)c2cccc(C)c2)c(OC)c1. The number of rotatable bonds is 6. The number of Topliss-reactive ketones (excluding diaryl/α,β-unsaturated/α-hetero) is 1. The van der Waals surface area contributed by atoms with Crippen LogP contribution in [0.3, 0.4) is 0 Å². The highest BCUT2D eigenvalue weighted by Crippen LogP contribution is 2.25. The van der Waals surface area contributed by atoms with Crippen LogP contribution in [0.25, 0.3) is 0 Å². The van der Waals surface area contributed by atoms with Gasteiger partial charge in [0.1, 0.15) is 11.5 Å². The zero-order valence-corrected chi connectivity index (χ0v) is 13.3. The molecule has 2 rings (SSSR count). The number of benzene rings is 2. The van der Waals surface area contributed by atoms with E-state index in [1.807, 2.05) is 13.0 Å². The van der Waals surface area contributed by atoms with Gasteiger partial charge in [-0.2, -0.15) is 0 Å². The van der Waals surface area contributed by atoms with Crippen molar-refractivity contribution < 1.29 is 23.8 Å². The van der Waals surface area contributed by atoms with Crippen molar-refractivity contribution in [1.82, 2.24) is 0 Å². The van der Waals surface area contributed by atoms with E-state index in [1.54, 1.807) is 36.4 Å². The Hall–Kier alpha value is -2.82. The molecule has 0 amide bonds. The molecule has 2 aromatic rings. The van der Waals surface area contributed by atoms with E-state index in [-0.39, 0.29) is 12.4 Å². The number of carbonyl (C=O) groups excluding carboxylic acids is 2. The fourth-order valence-electron chi connectivity index (χ4n) is 2.09. The van der Waals surface area contributed by atoms with Crippen LogP contribution in [0, 0.1) is 6.92 Å². The van der Waals surface area contributed by atoms with Crippen LogP contribution in [0.5, 0.6) is 11.5 Å². The van der Waals surface area contributed by atoms with Gasteiger partial charge in [0.2, 0.25) is 5.78 Å². The van der Waals surface area contributed by atoms with Gasteiger partial charge >= 0.3 is 5.97 Å². The molecule has 23 heavy (non-hydrogen) atoms. The van der Waals surface area contributed by atoms with Gasteiger partial charge in [-0.15, -0.1) is 0 Å². The lowest BCUT2D eigenvalue weighted by Gasteiger charge is -2.10. The topological polar surface area (TPSA) is 61.8 Å². The summed E-state index contributed by atoms with van der Waals surface area (Å²) in [6, 6.07) is 11.8. The van der Waals surface area contributed by atoms with E-state index < -0.39 is 5.97 Å². The highest BCUT2D eigenvalue weighted by atomic mass is 16.5. The van der Waals surface area contributed by atoms with Crippen LogP contribution in [0.15, 0.2) is 42.5 Å². The van der Waals surface area contributed by atoms with Crippen LogP contribution in [0.4, 0.5) is 0 Å². The van der Waals surface area contributed by atoms with Crippen molar-refractivity contribution in [3.05, 3.63) is 59.2 Å². The summed E-state index contributed by atoms with van der Waals surface area (Å²) in [5, 5.41) is 0. The fraction of sp³-hybridized carbons (Fsp3) is 0.222. The Labute approximate surface area is 134 Å². The predicted molar refractivity (Wildman–Crippen MR) is 85.3 cm³/mol. The Balaban J connectivity index is 2.06. The first-order chi connectivity index (χ1) is 11.0. The van der Waals surface area contributed by atoms with Crippen molar-refractivity contribution in [2.45, 2.75) is 6.92 Å². The van der Waals surface area contributed by atoms with Gasteiger partial charge in [-0.05, 0) is 31.2 Å². The molecule has 0 aliphatic carbocycles. The molecule has 0 radical (unpaired) electrons. The molecule has 0 N–H and O–H groups in total. The summed E-state index contributed by atoms with van der Waals surface area (Å²) in [6.07, 6.45) is 0. The molecule has 0 saturated carbocycles. The molecular weight excluding hydrogens is 296 g/mol. The Morgan fingerprint density at radius 3 is 2.43 bits per heavy atom. The Morgan fingerprint density at radius 1 is 1.00 bits per heavy atom. The summed E-state index contributed by atoms with van der Waals surface area (Å²) in [4.78, 5) is 24.2. The molecule has 0 saturated heterocycles. The average Bonchev–Trinajstić information content (AvgIpc) is 2.58. The minimum absolute atomic E-state index is 0.338. The molecule has 0 atom stereocenters. The minimum atomic E-state index is -0.533. The number of carbonyl (C=O) groups is 2. The molecule has 5 nitrogen and oxygen atoms in total.